The Kier molecular flexibility index (Phi) is 7.43. The van der Waals surface area contributed by atoms with Crippen LogP contribution in [0.15, 0.2) is 30.3 Å². The zero-order valence-corrected chi connectivity index (χ0v) is 11.0. The number of benzene rings is 1. The van der Waals surface area contributed by atoms with Crippen LogP contribution in [0.1, 0.15) is 12.8 Å². The first-order valence-electron chi connectivity index (χ1n) is 6.29. The predicted octanol–water partition coefficient (Wildman–Crippen LogP) is 2.46. The highest BCUT2D eigenvalue weighted by molar-refractivity contribution is 5.42. The van der Waals surface area contributed by atoms with E-state index in [0.29, 0.717) is 0 Å². The summed E-state index contributed by atoms with van der Waals surface area (Å²) in [5.74, 6) is 0. The smallest absolute Gasteiger partial charge is 0.0474 e. The van der Waals surface area contributed by atoms with E-state index in [4.69, 9.17) is 4.74 Å². The fourth-order valence-corrected chi connectivity index (χ4v) is 1.73. The summed E-state index contributed by atoms with van der Waals surface area (Å²) in [7, 11) is 3.92. The summed E-state index contributed by atoms with van der Waals surface area (Å²) in [5.41, 5.74) is 1.20. The largest absolute Gasteiger partial charge is 0.385 e. The summed E-state index contributed by atoms with van der Waals surface area (Å²) in [6.45, 7) is 4.12. The normalized spacial score (nSPS) is 10.8. The fourth-order valence-electron chi connectivity index (χ4n) is 1.73. The van der Waals surface area contributed by atoms with Crippen LogP contribution >= 0.6 is 0 Å². The van der Waals surface area contributed by atoms with E-state index in [1.807, 2.05) is 6.07 Å². The van der Waals surface area contributed by atoms with E-state index in [1.54, 1.807) is 7.11 Å². The maximum atomic E-state index is 5.04. The number of ether oxygens (including phenoxy) is 1. The topological polar surface area (TPSA) is 24.5 Å². The van der Waals surface area contributed by atoms with Gasteiger partial charge in [-0.3, -0.25) is 0 Å². The van der Waals surface area contributed by atoms with Crippen LogP contribution < -0.4 is 5.32 Å². The molecular weight excluding hydrogens is 212 g/mol. The maximum absolute atomic E-state index is 5.04. The van der Waals surface area contributed by atoms with Crippen LogP contribution in [-0.2, 0) is 4.74 Å². The minimum Gasteiger partial charge on any atom is -0.385 e. The molecule has 1 aromatic carbocycles. The molecule has 0 bridgehead atoms. The predicted molar refractivity (Wildman–Crippen MR) is 73.5 cm³/mol. The summed E-state index contributed by atoms with van der Waals surface area (Å²) in [5, 5.41) is 3.42. The van der Waals surface area contributed by atoms with Gasteiger partial charge in [0.1, 0.15) is 0 Å². The molecule has 0 fully saturated rings. The van der Waals surface area contributed by atoms with Crippen molar-refractivity contribution in [3.63, 3.8) is 0 Å². The Morgan fingerprint density at radius 2 is 1.82 bits per heavy atom. The van der Waals surface area contributed by atoms with E-state index < -0.39 is 0 Å². The van der Waals surface area contributed by atoms with Crippen molar-refractivity contribution in [2.24, 2.45) is 0 Å². The Balaban J connectivity index is 2.00. The minimum absolute atomic E-state index is 0.854. The first-order chi connectivity index (χ1) is 8.33. The lowest BCUT2D eigenvalue weighted by molar-refractivity contribution is 0.179. The maximum Gasteiger partial charge on any atom is 0.0474 e. The second-order valence-corrected chi connectivity index (χ2v) is 4.30. The number of methoxy groups -OCH3 is 1. The van der Waals surface area contributed by atoms with Gasteiger partial charge in [0.05, 0.1) is 0 Å². The van der Waals surface area contributed by atoms with Crippen LogP contribution in [0.25, 0.3) is 0 Å². The van der Waals surface area contributed by atoms with Gasteiger partial charge in [-0.1, -0.05) is 18.2 Å². The van der Waals surface area contributed by atoms with Gasteiger partial charge in [-0.25, -0.2) is 0 Å². The first kappa shape index (κ1) is 14.0. The lowest BCUT2D eigenvalue weighted by Gasteiger charge is -2.16. The second kappa shape index (κ2) is 9.02. The van der Waals surface area contributed by atoms with Gasteiger partial charge in [0.2, 0.25) is 0 Å². The average molecular weight is 236 g/mol. The molecular formula is C14H24N2O. The molecule has 1 aromatic rings. The standard InChI is InChI=1S/C14H24N2O/c1-16(12-7-13-17-2)11-6-10-15-14-8-4-3-5-9-14/h3-5,8-9,15H,6-7,10-13H2,1-2H3. The molecule has 0 aliphatic heterocycles. The fraction of sp³-hybridized carbons (Fsp3) is 0.571. The Hall–Kier alpha value is -1.06. The van der Waals surface area contributed by atoms with Gasteiger partial charge in [-0.15, -0.1) is 0 Å². The molecule has 0 saturated heterocycles. The third-order valence-corrected chi connectivity index (χ3v) is 2.71. The van der Waals surface area contributed by atoms with Crippen molar-refractivity contribution < 1.29 is 4.74 Å². The van der Waals surface area contributed by atoms with Crippen LogP contribution in [0.2, 0.25) is 0 Å². The highest BCUT2D eigenvalue weighted by Gasteiger charge is 1.97. The summed E-state index contributed by atoms with van der Waals surface area (Å²) in [6, 6.07) is 10.3. The van der Waals surface area contributed by atoms with E-state index in [9.17, 15) is 0 Å². The van der Waals surface area contributed by atoms with Crippen molar-refractivity contribution in [2.75, 3.05) is 45.7 Å². The van der Waals surface area contributed by atoms with Gasteiger partial charge in [-0.2, -0.15) is 0 Å². The molecule has 0 unspecified atom stereocenters. The highest BCUT2D eigenvalue weighted by Crippen LogP contribution is 2.04. The molecule has 0 saturated carbocycles. The Bertz CT molecular complexity index is 277. The number of nitrogens with zero attached hydrogens (tertiary/aromatic N) is 1. The van der Waals surface area contributed by atoms with Crippen LogP contribution in [0.3, 0.4) is 0 Å². The summed E-state index contributed by atoms with van der Waals surface area (Å²) >= 11 is 0. The Morgan fingerprint density at radius 1 is 1.12 bits per heavy atom. The van der Waals surface area contributed by atoms with Crippen LogP contribution in [0.5, 0.6) is 0 Å². The van der Waals surface area contributed by atoms with Crippen molar-refractivity contribution >= 4 is 5.69 Å². The molecule has 0 aromatic heterocycles. The highest BCUT2D eigenvalue weighted by atomic mass is 16.5. The quantitative estimate of drug-likeness (QED) is 0.667. The SMILES string of the molecule is COCCCN(C)CCCNc1ccccc1. The van der Waals surface area contributed by atoms with Gasteiger partial charge >= 0.3 is 0 Å². The molecule has 96 valence electrons. The lowest BCUT2D eigenvalue weighted by Crippen LogP contribution is -2.23. The first-order valence-corrected chi connectivity index (χ1v) is 6.29. The number of hydrogen-bond donors (Lipinski definition) is 1. The second-order valence-electron chi connectivity index (χ2n) is 4.30. The zero-order valence-electron chi connectivity index (χ0n) is 11.0. The minimum atomic E-state index is 0.854. The van der Waals surface area contributed by atoms with Crippen molar-refractivity contribution in [3.8, 4) is 0 Å². The van der Waals surface area contributed by atoms with Gasteiger partial charge in [-0.05, 0) is 38.6 Å². The third-order valence-electron chi connectivity index (χ3n) is 2.71. The molecule has 0 amide bonds. The Morgan fingerprint density at radius 3 is 2.53 bits per heavy atom. The molecule has 3 nitrogen and oxygen atoms in total. The van der Waals surface area contributed by atoms with E-state index in [2.05, 4.69) is 41.5 Å². The molecule has 17 heavy (non-hydrogen) atoms. The third kappa shape index (κ3) is 6.97. The number of hydrogen-bond acceptors (Lipinski definition) is 3. The molecule has 3 heteroatoms. The summed E-state index contributed by atoms with van der Waals surface area (Å²) in [4.78, 5) is 2.35. The van der Waals surface area contributed by atoms with Crippen molar-refractivity contribution in [3.05, 3.63) is 30.3 Å². The number of rotatable bonds is 9. The molecule has 0 aliphatic rings. The average Bonchev–Trinajstić information content (AvgIpc) is 2.36. The van der Waals surface area contributed by atoms with E-state index >= 15 is 0 Å². The van der Waals surface area contributed by atoms with Crippen LogP contribution in [0.4, 0.5) is 5.69 Å². The lowest BCUT2D eigenvalue weighted by atomic mass is 10.3. The molecule has 1 rings (SSSR count). The Labute approximate surface area is 105 Å². The van der Waals surface area contributed by atoms with Crippen LogP contribution in [0, 0.1) is 0 Å². The molecule has 0 heterocycles. The molecule has 0 spiro atoms. The number of anilines is 1. The van der Waals surface area contributed by atoms with Crippen molar-refractivity contribution in [1.82, 2.24) is 4.90 Å². The van der Waals surface area contributed by atoms with Gasteiger partial charge < -0.3 is 15.0 Å². The van der Waals surface area contributed by atoms with Gasteiger partial charge in [0.15, 0.2) is 0 Å². The van der Waals surface area contributed by atoms with E-state index in [1.165, 1.54) is 12.1 Å². The summed E-state index contributed by atoms with van der Waals surface area (Å²) < 4.78 is 5.04. The van der Waals surface area contributed by atoms with Crippen molar-refractivity contribution in [2.45, 2.75) is 12.8 Å². The summed E-state index contributed by atoms with van der Waals surface area (Å²) in [6.07, 6.45) is 2.28. The van der Waals surface area contributed by atoms with Crippen molar-refractivity contribution in [1.29, 1.82) is 0 Å². The van der Waals surface area contributed by atoms with E-state index in [0.717, 1.165) is 32.7 Å². The van der Waals surface area contributed by atoms with E-state index in [-0.39, 0.29) is 0 Å². The zero-order chi connectivity index (χ0) is 12.3. The van der Waals surface area contributed by atoms with Gasteiger partial charge in [0, 0.05) is 32.5 Å². The van der Waals surface area contributed by atoms with Crippen LogP contribution in [-0.4, -0.2) is 45.3 Å². The number of para-hydroxylation sites is 1. The molecule has 0 aliphatic carbocycles. The molecule has 1 N–H and O–H groups in total. The molecule has 0 atom stereocenters. The molecule has 0 radical (unpaired) electrons. The number of nitrogens with one attached hydrogen (secondary N) is 1. The monoisotopic (exact) mass is 236 g/mol. The van der Waals surface area contributed by atoms with Gasteiger partial charge in [0.25, 0.3) is 0 Å².